The molecule has 13 heavy (non-hydrogen) atoms. The Labute approximate surface area is 72.2 Å². The second-order valence-electron chi connectivity index (χ2n) is 2.35. The van der Waals surface area contributed by atoms with E-state index in [-0.39, 0.29) is 0 Å². The maximum absolute atomic E-state index is 13.0. The Bertz CT molecular complexity index is 349. The fourth-order valence-corrected chi connectivity index (χ4v) is 0.908. The Morgan fingerprint density at radius 3 is 2.46 bits per heavy atom. The number of hydrogen-bond acceptors (Lipinski definition) is 2. The highest BCUT2D eigenvalue weighted by atomic mass is 19.1. The molecule has 0 saturated heterocycles. The van der Waals surface area contributed by atoms with Gasteiger partial charge in [-0.3, -0.25) is 0 Å². The van der Waals surface area contributed by atoms with Gasteiger partial charge in [-0.25, -0.2) is 13.6 Å². The van der Waals surface area contributed by atoms with Crippen molar-refractivity contribution in [2.24, 2.45) is 0 Å². The number of carboxylic acids is 1. The fourth-order valence-electron chi connectivity index (χ4n) is 0.908. The smallest absolute Gasteiger partial charge is 0.338 e. The van der Waals surface area contributed by atoms with E-state index in [0.717, 1.165) is 12.1 Å². The molecule has 0 unspecified atom stereocenters. The van der Waals surface area contributed by atoms with Crippen molar-refractivity contribution >= 4 is 5.97 Å². The van der Waals surface area contributed by atoms with Crippen molar-refractivity contribution in [3.05, 3.63) is 34.9 Å². The summed E-state index contributed by atoms with van der Waals surface area (Å²) >= 11 is 0. The van der Waals surface area contributed by atoms with Crippen LogP contribution in [0.1, 0.15) is 15.9 Å². The molecule has 1 aromatic carbocycles. The van der Waals surface area contributed by atoms with E-state index in [0.29, 0.717) is 0 Å². The molecular formula is C8H6F2O3. The Hall–Kier alpha value is -1.49. The molecule has 0 radical (unpaired) electrons. The zero-order valence-corrected chi connectivity index (χ0v) is 6.42. The van der Waals surface area contributed by atoms with Crippen LogP contribution in [0.4, 0.5) is 8.78 Å². The van der Waals surface area contributed by atoms with Crippen molar-refractivity contribution in [2.45, 2.75) is 6.61 Å². The second-order valence-corrected chi connectivity index (χ2v) is 2.35. The van der Waals surface area contributed by atoms with Crippen molar-refractivity contribution < 1.29 is 23.8 Å². The number of hydrogen-bond donors (Lipinski definition) is 2. The maximum atomic E-state index is 13.0. The molecule has 5 heteroatoms. The highest BCUT2D eigenvalue weighted by Gasteiger charge is 2.16. The summed E-state index contributed by atoms with van der Waals surface area (Å²) in [4.78, 5) is 10.4. The van der Waals surface area contributed by atoms with Crippen LogP contribution in [0.15, 0.2) is 12.1 Å². The highest BCUT2D eigenvalue weighted by molar-refractivity contribution is 5.88. The molecule has 1 rings (SSSR count). The number of aromatic carboxylic acids is 1. The van der Waals surface area contributed by atoms with Gasteiger partial charge in [0.15, 0.2) is 0 Å². The lowest BCUT2D eigenvalue weighted by atomic mass is 10.1. The van der Waals surface area contributed by atoms with E-state index in [9.17, 15) is 13.6 Å². The molecule has 0 atom stereocenters. The molecule has 0 spiro atoms. The molecule has 0 aliphatic rings. The van der Waals surface area contributed by atoms with Gasteiger partial charge in [-0.15, -0.1) is 0 Å². The van der Waals surface area contributed by atoms with Gasteiger partial charge in [-0.05, 0) is 12.1 Å². The lowest BCUT2D eigenvalue weighted by molar-refractivity contribution is 0.0691. The monoisotopic (exact) mass is 188 g/mol. The van der Waals surface area contributed by atoms with Crippen LogP contribution < -0.4 is 0 Å². The van der Waals surface area contributed by atoms with Gasteiger partial charge in [-0.1, -0.05) is 0 Å². The first-order valence-electron chi connectivity index (χ1n) is 3.39. The van der Waals surface area contributed by atoms with Crippen molar-refractivity contribution in [2.75, 3.05) is 0 Å². The topological polar surface area (TPSA) is 57.5 Å². The highest BCUT2D eigenvalue weighted by Crippen LogP contribution is 2.16. The van der Waals surface area contributed by atoms with Crippen LogP contribution in [0.3, 0.4) is 0 Å². The van der Waals surface area contributed by atoms with Gasteiger partial charge >= 0.3 is 5.97 Å². The lowest BCUT2D eigenvalue weighted by Crippen LogP contribution is -2.05. The fraction of sp³-hybridized carbons (Fsp3) is 0.125. The van der Waals surface area contributed by atoms with Gasteiger partial charge in [0.25, 0.3) is 0 Å². The van der Waals surface area contributed by atoms with Crippen molar-refractivity contribution in [1.82, 2.24) is 0 Å². The molecule has 0 bridgehead atoms. The van der Waals surface area contributed by atoms with Crippen molar-refractivity contribution in [3.8, 4) is 0 Å². The largest absolute Gasteiger partial charge is 0.478 e. The van der Waals surface area contributed by atoms with Gasteiger partial charge < -0.3 is 10.2 Å². The van der Waals surface area contributed by atoms with Gasteiger partial charge in [-0.2, -0.15) is 0 Å². The van der Waals surface area contributed by atoms with E-state index >= 15 is 0 Å². The molecule has 2 N–H and O–H groups in total. The SMILES string of the molecule is O=C(O)c1ccc(F)c(CO)c1F. The van der Waals surface area contributed by atoms with Gasteiger partial charge in [0.2, 0.25) is 0 Å². The molecule has 0 aliphatic heterocycles. The lowest BCUT2D eigenvalue weighted by Gasteiger charge is -2.03. The first-order valence-corrected chi connectivity index (χ1v) is 3.39. The molecule has 3 nitrogen and oxygen atoms in total. The van der Waals surface area contributed by atoms with Gasteiger partial charge in [0.05, 0.1) is 12.2 Å². The minimum atomic E-state index is -1.49. The number of rotatable bonds is 2. The number of aliphatic hydroxyl groups is 1. The molecule has 0 heterocycles. The Kier molecular flexibility index (Phi) is 2.57. The van der Waals surface area contributed by atoms with E-state index in [1.165, 1.54) is 0 Å². The second kappa shape index (κ2) is 3.49. The summed E-state index contributed by atoms with van der Waals surface area (Å²) < 4.78 is 25.7. The molecule has 0 aliphatic carbocycles. The number of carboxylic acid groups (broad SMARTS) is 1. The zero-order chi connectivity index (χ0) is 10.0. The van der Waals surface area contributed by atoms with Gasteiger partial charge in [0.1, 0.15) is 11.6 Å². The van der Waals surface area contributed by atoms with Crippen LogP contribution in [0.5, 0.6) is 0 Å². The third-order valence-corrected chi connectivity index (χ3v) is 1.57. The van der Waals surface area contributed by atoms with Crippen LogP contribution in [-0.4, -0.2) is 16.2 Å². The minimum absolute atomic E-state index is 0.625. The summed E-state index contributed by atoms with van der Waals surface area (Å²) in [6, 6.07) is 1.62. The number of carbonyl (C=O) groups is 1. The third-order valence-electron chi connectivity index (χ3n) is 1.57. The third kappa shape index (κ3) is 1.65. The number of aliphatic hydroxyl groups excluding tert-OH is 1. The predicted molar refractivity (Wildman–Crippen MR) is 39.2 cm³/mol. The predicted octanol–water partition coefficient (Wildman–Crippen LogP) is 1.16. The van der Waals surface area contributed by atoms with E-state index in [4.69, 9.17) is 10.2 Å². The number of halogens is 2. The molecule has 1 aromatic rings. The van der Waals surface area contributed by atoms with Gasteiger partial charge in [0, 0.05) is 5.56 Å². The zero-order valence-electron chi connectivity index (χ0n) is 6.42. The molecule has 0 saturated carbocycles. The average molecular weight is 188 g/mol. The minimum Gasteiger partial charge on any atom is -0.478 e. The summed E-state index contributed by atoms with van der Waals surface area (Å²) in [6.45, 7) is -0.862. The Morgan fingerprint density at radius 1 is 1.38 bits per heavy atom. The van der Waals surface area contributed by atoms with Crippen LogP contribution >= 0.6 is 0 Å². The average Bonchev–Trinajstić information content (AvgIpc) is 2.04. The molecule has 0 aromatic heterocycles. The molecule has 70 valence electrons. The summed E-state index contributed by atoms with van der Waals surface area (Å²) in [5.74, 6) is -3.67. The summed E-state index contributed by atoms with van der Waals surface area (Å²) in [5.41, 5.74) is -1.27. The van der Waals surface area contributed by atoms with E-state index in [2.05, 4.69) is 0 Å². The number of benzene rings is 1. The normalized spacial score (nSPS) is 10.1. The van der Waals surface area contributed by atoms with Crippen molar-refractivity contribution in [1.29, 1.82) is 0 Å². The molecule has 0 fully saturated rings. The van der Waals surface area contributed by atoms with Crippen LogP contribution in [0.25, 0.3) is 0 Å². The molecular weight excluding hydrogens is 182 g/mol. The first kappa shape index (κ1) is 9.60. The standard InChI is InChI=1S/C8H6F2O3/c9-6-2-1-4(8(12)13)7(10)5(6)3-11/h1-2,11H,3H2,(H,12,13). The summed E-state index contributed by atoms with van der Waals surface area (Å²) in [7, 11) is 0. The quantitative estimate of drug-likeness (QED) is 0.732. The summed E-state index contributed by atoms with van der Waals surface area (Å²) in [6.07, 6.45) is 0. The van der Waals surface area contributed by atoms with E-state index < -0.39 is 35.3 Å². The Balaban J connectivity index is 3.35. The molecule has 0 amide bonds. The Morgan fingerprint density at radius 2 is 2.00 bits per heavy atom. The van der Waals surface area contributed by atoms with Crippen LogP contribution in [0, 0.1) is 11.6 Å². The summed E-state index contributed by atoms with van der Waals surface area (Å²) in [5, 5.41) is 17.0. The van der Waals surface area contributed by atoms with Crippen LogP contribution in [-0.2, 0) is 6.61 Å². The van der Waals surface area contributed by atoms with E-state index in [1.807, 2.05) is 0 Å². The first-order chi connectivity index (χ1) is 6.07. The van der Waals surface area contributed by atoms with Crippen molar-refractivity contribution in [3.63, 3.8) is 0 Å². The van der Waals surface area contributed by atoms with E-state index in [1.54, 1.807) is 0 Å². The van der Waals surface area contributed by atoms with Crippen LogP contribution in [0.2, 0.25) is 0 Å². The maximum Gasteiger partial charge on any atom is 0.338 e.